The molecule has 1 amide bonds. The standard InChI is InChI=1S/C12H18N6O/c1-4-18-6-9(13)5-10(18)12(19)15-8(2)11-16-14-7-17(11)3/h5-8H,4,13H2,1-3H3,(H,15,19). The highest BCUT2D eigenvalue weighted by Gasteiger charge is 2.18. The molecule has 0 fully saturated rings. The highest BCUT2D eigenvalue weighted by atomic mass is 16.2. The highest BCUT2D eigenvalue weighted by molar-refractivity contribution is 5.94. The Morgan fingerprint density at radius 1 is 1.58 bits per heavy atom. The van der Waals surface area contributed by atoms with Crippen LogP contribution in [-0.2, 0) is 13.6 Å². The van der Waals surface area contributed by atoms with Crippen LogP contribution in [0.2, 0.25) is 0 Å². The largest absolute Gasteiger partial charge is 0.397 e. The fourth-order valence-corrected chi connectivity index (χ4v) is 2.00. The van der Waals surface area contributed by atoms with Crippen molar-refractivity contribution in [2.75, 3.05) is 5.73 Å². The van der Waals surface area contributed by atoms with Crippen molar-refractivity contribution in [3.8, 4) is 0 Å². The Balaban J connectivity index is 2.15. The summed E-state index contributed by atoms with van der Waals surface area (Å²) in [6, 6.07) is 1.45. The van der Waals surface area contributed by atoms with Gasteiger partial charge in [0.2, 0.25) is 0 Å². The summed E-state index contributed by atoms with van der Waals surface area (Å²) in [5.41, 5.74) is 6.85. The number of carbonyl (C=O) groups is 1. The number of nitrogens with zero attached hydrogens (tertiary/aromatic N) is 4. The number of amides is 1. The monoisotopic (exact) mass is 262 g/mol. The van der Waals surface area contributed by atoms with Crippen LogP contribution < -0.4 is 11.1 Å². The average molecular weight is 262 g/mol. The minimum absolute atomic E-state index is 0.172. The van der Waals surface area contributed by atoms with Crippen molar-refractivity contribution in [2.24, 2.45) is 7.05 Å². The summed E-state index contributed by atoms with van der Waals surface area (Å²) in [5, 5.41) is 10.7. The van der Waals surface area contributed by atoms with Gasteiger partial charge in [0, 0.05) is 19.8 Å². The van der Waals surface area contributed by atoms with Crippen LogP contribution in [0.5, 0.6) is 0 Å². The Labute approximate surface area is 111 Å². The molecule has 7 heteroatoms. The third-order valence-electron chi connectivity index (χ3n) is 2.97. The molecule has 0 saturated heterocycles. The maximum atomic E-state index is 12.2. The Morgan fingerprint density at radius 2 is 2.32 bits per heavy atom. The summed E-state index contributed by atoms with van der Waals surface area (Å²) >= 11 is 0. The van der Waals surface area contributed by atoms with Gasteiger partial charge in [-0.3, -0.25) is 4.79 Å². The van der Waals surface area contributed by atoms with Crippen LogP contribution in [0, 0.1) is 0 Å². The Kier molecular flexibility index (Phi) is 3.55. The number of nitrogen functional groups attached to an aromatic ring is 1. The Bertz CT molecular complexity index is 585. The molecule has 2 aromatic rings. The average Bonchev–Trinajstić information content (AvgIpc) is 2.94. The third-order valence-corrected chi connectivity index (χ3v) is 2.97. The molecule has 0 aliphatic rings. The molecule has 2 rings (SSSR count). The van der Waals surface area contributed by atoms with E-state index in [4.69, 9.17) is 5.73 Å². The van der Waals surface area contributed by atoms with E-state index in [-0.39, 0.29) is 11.9 Å². The van der Waals surface area contributed by atoms with Crippen LogP contribution in [0.3, 0.4) is 0 Å². The van der Waals surface area contributed by atoms with Crippen LogP contribution in [0.15, 0.2) is 18.6 Å². The molecule has 7 nitrogen and oxygen atoms in total. The van der Waals surface area contributed by atoms with E-state index in [1.807, 2.05) is 25.5 Å². The smallest absolute Gasteiger partial charge is 0.268 e. The van der Waals surface area contributed by atoms with Crippen molar-refractivity contribution in [3.63, 3.8) is 0 Å². The third kappa shape index (κ3) is 2.59. The summed E-state index contributed by atoms with van der Waals surface area (Å²) in [4.78, 5) is 12.2. The van der Waals surface area contributed by atoms with Crippen molar-refractivity contribution in [2.45, 2.75) is 26.4 Å². The second-order valence-electron chi connectivity index (χ2n) is 4.44. The molecule has 0 radical (unpaired) electrons. The molecule has 0 spiro atoms. The van der Waals surface area contributed by atoms with Crippen molar-refractivity contribution in [1.29, 1.82) is 0 Å². The minimum Gasteiger partial charge on any atom is -0.397 e. The molecule has 102 valence electrons. The quantitative estimate of drug-likeness (QED) is 0.849. The van der Waals surface area contributed by atoms with E-state index in [0.717, 1.165) is 0 Å². The molecule has 0 saturated carbocycles. The first kappa shape index (κ1) is 13.1. The van der Waals surface area contributed by atoms with Crippen LogP contribution >= 0.6 is 0 Å². The van der Waals surface area contributed by atoms with E-state index in [9.17, 15) is 4.79 Å². The van der Waals surface area contributed by atoms with E-state index >= 15 is 0 Å². The van der Waals surface area contributed by atoms with Crippen LogP contribution in [-0.4, -0.2) is 25.2 Å². The lowest BCUT2D eigenvalue weighted by atomic mass is 10.3. The summed E-state index contributed by atoms with van der Waals surface area (Å²) in [7, 11) is 1.84. The van der Waals surface area contributed by atoms with Crippen LogP contribution in [0.4, 0.5) is 5.69 Å². The number of aryl methyl sites for hydroxylation is 2. The van der Waals surface area contributed by atoms with Gasteiger partial charge in [0.1, 0.15) is 12.0 Å². The lowest BCUT2D eigenvalue weighted by Gasteiger charge is -2.13. The van der Waals surface area contributed by atoms with E-state index in [2.05, 4.69) is 15.5 Å². The molecule has 1 atom stereocenters. The first-order valence-corrected chi connectivity index (χ1v) is 6.13. The number of rotatable bonds is 4. The second kappa shape index (κ2) is 5.13. The Morgan fingerprint density at radius 3 is 2.89 bits per heavy atom. The second-order valence-corrected chi connectivity index (χ2v) is 4.44. The zero-order valence-electron chi connectivity index (χ0n) is 11.3. The first-order valence-electron chi connectivity index (χ1n) is 6.13. The lowest BCUT2D eigenvalue weighted by Crippen LogP contribution is -2.30. The molecule has 0 aromatic carbocycles. The van der Waals surface area contributed by atoms with E-state index in [0.29, 0.717) is 23.8 Å². The van der Waals surface area contributed by atoms with Crippen molar-refractivity contribution in [3.05, 3.63) is 30.1 Å². The van der Waals surface area contributed by atoms with E-state index in [1.54, 1.807) is 23.2 Å². The summed E-state index contributed by atoms with van der Waals surface area (Å²) in [5.74, 6) is 0.532. The van der Waals surface area contributed by atoms with E-state index in [1.165, 1.54) is 0 Å². The summed E-state index contributed by atoms with van der Waals surface area (Å²) in [6.07, 6.45) is 3.35. The van der Waals surface area contributed by atoms with Gasteiger partial charge in [0.25, 0.3) is 5.91 Å². The van der Waals surface area contributed by atoms with Crippen molar-refractivity contribution >= 4 is 11.6 Å². The first-order chi connectivity index (χ1) is 9.02. The van der Waals surface area contributed by atoms with Crippen LogP contribution in [0.1, 0.15) is 36.2 Å². The molecular formula is C12H18N6O. The topological polar surface area (TPSA) is 90.8 Å². The number of nitrogens with one attached hydrogen (secondary N) is 1. The lowest BCUT2D eigenvalue weighted by molar-refractivity contribution is 0.0928. The zero-order chi connectivity index (χ0) is 14.0. The number of carbonyl (C=O) groups excluding carboxylic acids is 1. The number of hydrogen-bond donors (Lipinski definition) is 2. The van der Waals surface area contributed by atoms with Crippen molar-refractivity contribution < 1.29 is 4.79 Å². The van der Waals surface area contributed by atoms with Gasteiger partial charge in [-0.05, 0) is 19.9 Å². The number of anilines is 1. The molecule has 19 heavy (non-hydrogen) atoms. The molecule has 0 aliphatic heterocycles. The summed E-state index contributed by atoms with van der Waals surface area (Å²) < 4.78 is 3.59. The molecule has 0 aliphatic carbocycles. The maximum Gasteiger partial charge on any atom is 0.268 e. The summed E-state index contributed by atoms with van der Waals surface area (Å²) in [6.45, 7) is 4.52. The van der Waals surface area contributed by atoms with E-state index < -0.39 is 0 Å². The number of aromatic nitrogens is 4. The van der Waals surface area contributed by atoms with Gasteiger partial charge < -0.3 is 20.2 Å². The molecule has 3 N–H and O–H groups in total. The molecule has 2 aromatic heterocycles. The predicted molar refractivity (Wildman–Crippen MR) is 71.4 cm³/mol. The van der Waals surface area contributed by atoms with Gasteiger partial charge in [-0.2, -0.15) is 0 Å². The zero-order valence-corrected chi connectivity index (χ0v) is 11.3. The van der Waals surface area contributed by atoms with Crippen LogP contribution in [0.25, 0.3) is 0 Å². The normalized spacial score (nSPS) is 12.4. The van der Waals surface area contributed by atoms with Gasteiger partial charge in [-0.25, -0.2) is 0 Å². The van der Waals surface area contributed by atoms with Gasteiger partial charge in [0.15, 0.2) is 5.82 Å². The fraction of sp³-hybridized carbons (Fsp3) is 0.417. The SMILES string of the molecule is CCn1cc(N)cc1C(=O)NC(C)c1nncn1C. The molecule has 0 bridgehead atoms. The number of nitrogens with two attached hydrogens (primary N) is 1. The van der Waals surface area contributed by atoms with Gasteiger partial charge >= 0.3 is 0 Å². The minimum atomic E-state index is -0.221. The van der Waals surface area contributed by atoms with Gasteiger partial charge in [-0.1, -0.05) is 0 Å². The highest BCUT2D eigenvalue weighted by Crippen LogP contribution is 2.13. The molecule has 2 heterocycles. The van der Waals surface area contributed by atoms with Gasteiger partial charge in [0.05, 0.1) is 11.7 Å². The maximum absolute atomic E-state index is 12.2. The Hall–Kier alpha value is -2.31. The molecule has 1 unspecified atom stereocenters. The predicted octanol–water partition coefficient (Wildman–Crippen LogP) is 0.710. The van der Waals surface area contributed by atoms with Crippen molar-refractivity contribution in [1.82, 2.24) is 24.6 Å². The molecular weight excluding hydrogens is 244 g/mol. The number of hydrogen-bond acceptors (Lipinski definition) is 4. The van der Waals surface area contributed by atoms with Gasteiger partial charge in [-0.15, -0.1) is 10.2 Å². The fourth-order valence-electron chi connectivity index (χ4n) is 2.00.